The van der Waals surface area contributed by atoms with E-state index in [0.29, 0.717) is 19.1 Å². The molecule has 0 radical (unpaired) electrons. The fourth-order valence-corrected chi connectivity index (χ4v) is 3.32. The lowest BCUT2D eigenvalue weighted by molar-refractivity contribution is -0.121. The summed E-state index contributed by atoms with van der Waals surface area (Å²) < 4.78 is 6.04. The first-order valence-electron chi connectivity index (χ1n) is 9.27. The maximum atomic E-state index is 12.1. The lowest BCUT2D eigenvalue weighted by Gasteiger charge is -2.14. The van der Waals surface area contributed by atoms with Gasteiger partial charge in [-0.1, -0.05) is 36.4 Å². The van der Waals surface area contributed by atoms with Crippen molar-refractivity contribution in [2.45, 2.75) is 58.1 Å². The number of benzene rings is 2. The molecule has 1 aliphatic carbocycles. The Labute approximate surface area is 150 Å². The molecule has 25 heavy (non-hydrogen) atoms. The summed E-state index contributed by atoms with van der Waals surface area (Å²) in [7, 11) is 0. The molecule has 0 unspecified atom stereocenters. The summed E-state index contributed by atoms with van der Waals surface area (Å²) >= 11 is 0. The monoisotopic (exact) mass is 337 g/mol. The molecule has 0 spiro atoms. The first-order valence-corrected chi connectivity index (χ1v) is 9.27. The first kappa shape index (κ1) is 17.5. The van der Waals surface area contributed by atoms with Crippen LogP contribution in [0.3, 0.4) is 0 Å². The van der Waals surface area contributed by atoms with Gasteiger partial charge in [-0.25, -0.2) is 0 Å². The van der Waals surface area contributed by atoms with Gasteiger partial charge in [0.15, 0.2) is 0 Å². The number of nitrogens with one attached hydrogen (secondary N) is 1. The number of ether oxygens (including phenoxy) is 1. The summed E-state index contributed by atoms with van der Waals surface area (Å²) in [5, 5.41) is 3.01. The molecule has 2 aromatic rings. The highest BCUT2D eigenvalue weighted by atomic mass is 16.5. The molecule has 2 aromatic carbocycles. The number of aryl methyl sites for hydroxylation is 2. The van der Waals surface area contributed by atoms with E-state index in [1.807, 2.05) is 24.3 Å². The van der Waals surface area contributed by atoms with E-state index in [-0.39, 0.29) is 5.91 Å². The van der Waals surface area contributed by atoms with Crippen molar-refractivity contribution in [2.24, 2.45) is 0 Å². The molecular formula is C22H27NO2. The Morgan fingerprint density at radius 3 is 2.72 bits per heavy atom. The van der Waals surface area contributed by atoms with Gasteiger partial charge in [0.25, 0.3) is 0 Å². The predicted molar refractivity (Wildman–Crippen MR) is 101 cm³/mol. The molecule has 0 heterocycles. The highest BCUT2D eigenvalue weighted by molar-refractivity contribution is 5.76. The molecule has 0 atom stereocenters. The third-order valence-electron chi connectivity index (χ3n) is 4.88. The molecule has 1 N–H and O–H groups in total. The van der Waals surface area contributed by atoms with Gasteiger partial charge in [-0.2, -0.15) is 0 Å². The van der Waals surface area contributed by atoms with Gasteiger partial charge in [0.05, 0.1) is 6.10 Å². The highest BCUT2D eigenvalue weighted by Gasteiger charge is 2.16. The summed E-state index contributed by atoms with van der Waals surface area (Å²) in [6, 6.07) is 16.3. The summed E-state index contributed by atoms with van der Waals surface area (Å²) in [5.74, 6) is 1.02. The Morgan fingerprint density at radius 1 is 1.12 bits per heavy atom. The van der Waals surface area contributed by atoms with Gasteiger partial charge in [0.1, 0.15) is 5.75 Å². The molecule has 0 bridgehead atoms. The smallest absolute Gasteiger partial charge is 0.220 e. The topological polar surface area (TPSA) is 38.3 Å². The van der Waals surface area contributed by atoms with Crippen molar-refractivity contribution in [3.8, 4) is 5.75 Å². The fourth-order valence-electron chi connectivity index (χ4n) is 3.32. The average Bonchev–Trinajstić information content (AvgIpc) is 3.12. The molecule has 1 aliphatic rings. The van der Waals surface area contributed by atoms with E-state index in [9.17, 15) is 4.79 Å². The largest absolute Gasteiger partial charge is 0.490 e. The van der Waals surface area contributed by atoms with E-state index in [1.54, 1.807) is 0 Å². The van der Waals surface area contributed by atoms with E-state index >= 15 is 0 Å². The minimum absolute atomic E-state index is 0.0883. The predicted octanol–water partition coefficient (Wildman–Crippen LogP) is 4.57. The molecule has 132 valence electrons. The average molecular weight is 337 g/mol. The number of amides is 1. The molecule has 1 fully saturated rings. The second-order valence-electron chi connectivity index (χ2n) is 6.87. The van der Waals surface area contributed by atoms with Crippen LogP contribution in [0.5, 0.6) is 5.75 Å². The normalized spacial score (nSPS) is 14.4. The molecule has 1 amide bonds. The van der Waals surface area contributed by atoms with Crippen LogP contribution in [0.1, 0.15) is 48.8 Å². The van der Waals surface area contributed by atoms with E-state index in [1.165, 1.54) is 24.0 Å². The number of rotatable bonds is 7. The summed E-state index contributed by atoms with van der Waals surface area (Å²) in [4.78, 5) is 12.1. The Balaban J connectivity index is 1.46. The fraction of sp³-hybridized carbons (Fsp3) is 0.409. The quantitative estimate of drug-likeness (QED) is 0.804. The van der Waals surface area contributed by atoms with E-state index in [2.05, 4.69) is 36.5 Å². The Bertz CT molecular complexity index is 705. The van der Waals surface area contributed by atoms with Crippen molar-refractivity contribution in [1.29, 1.82) is 0 Å². The number of hydrogen-bond acceptors (Lipinski definition) is 2. The standard InChI is InChI=1S/C22H27NO2/c1-17-7-2-3-9-19(17)16-23-22(24)14-13-18-8-6-12-21(15-18)25-20-10-4-5-11-20/h2-3,6-9,12,15,20H,4-5,10-11,13-14,16H2,1H3,(H,23,24). The molecule has 0 aliphatic heterocycles. The van der Waals surface area contributed by atoms with Crippen molar-refractivity contribution in [1.82, 2.24) is 5.32 Å². The Morgan fingerprint density at radius 2 is 1.92 bits per heavy atom. The van der Waals surface area contributed by atoms with Crippen LogP contribution in [0.4, 0.5) is 0 Å². The van der Waals surface area contributed by atoms with Crippen LogP contribution in [-0.4, -0.2) is 12.0 Å². The third kappa shape index (κ3) is 5.35. The van der Waals surface area contributed by atoms with Gasteiger partial charge in [-0.05, 0) is 67.9 Å². The lowest BCUT2D eigenvalue weighted by Crippen LogP contribution is -2.23. The molecule has 3 rings (SSSR count). The SMILES string of the molecule is Cc1ccccc1CNC(=O)CCc1cccc(OC2CCCC2)c1. The van der Waals surface area contributed by atoms with Gasteiger partial charge < -0.3 is 10.1 Å². The third-order valence-corrected chi connectivity index (χ3v) is 4.88. The Kier molecular flexibility index (Phi) is 6.10. The first-order chi connectivity index (χ1) is 12.2. The molecule has 0 aromatic heterocycles. The van der Waals surface area contributed by atoms with Gasteiger partial charge in [0, 0.05) is 13.0 Å². The van der Waals surface area contributed by atoms with Crippen molar-refractivity contribution < 1.29 is 9.53 Å². The zero-order chi connectivity index (χ0) is 17.5. The van der Waals surface area contributed by atoms with Crippen molar-refractivity contribution in [3.63, 3.8) is 0 Å². The van der Waals surface area contributed by atoms with Crippen LogP contribution in [0.25, 0.3) is 0 Å². The molecule has 3 heteroatoms. The number of carbonyl (C=O) groups excluding carboxylic acids is 1. The van der Waals surface area contributed by atoms with Crippen LogP contribution in [0.2, 0.25) is 0 Å². The van der Waals surface area contributed by atoms with Crippen molar-refractivity contribution >= 4 is 5.91 Å². The molecule has 1 saturated carbocycles. The minimum atomic E-state index is 0.0883. The van der Waals surface area contributed by atoms with Gasteiger partial charge in [-0.3, -0.25) is 4.79 Å². The zero-order valence-corrected chi connectivity index (χ0v) is 15.0. The van der Waals surface area contributed by atoms with Crippen molar-refractivity contribution in [2.75, 3.05) is 0 Å². The Hall–Kier alpha value is -2.29. The maximum Gasteiger partial charge on any atom is 0.220 e. The maximum absolute atomic E-state index is 12.1. The van der Waals surface area contributed by atoms with E-state index < -0.39 is 0 Å². The lowest BCUT2D eigenvalue weighted by atomic mass is 10.1. The van der Waals surface area contributed by atoms with E-state index in [4.69, 9.17) is 4.74 Å². The second-order valence-corrected chi connectivity index (χ2v) is 6.87. The molecule has 3 nitrogen and oxygen atoms in total. The number of hydrogen-bond donors (Lipinski definition) is 1. The van der Waals surface area contributed by atoms with Crippen LogP contribution >= 0.6 is 0 Å². The van der Waals surface area contributed by atoms with Crippen LogP contribution in [0.15, 0.2) is 48.5 Å². The van der Waals surface area contributed by atoms with Crippen LogP contribution in [-0.2, 0) is 17.8 Å². The summed E-state index contributed by atoms with van der Waals surface area (Å²) in [5.41, 5.74) is 3.53. The van der Waals surface area contributed by atoms with Gasteiger partial charge in [-0.15, -0.1) is 0 Å². The highest BCUT2D eigenvalue weighted by Crippen LogP contribution is 2.24. The van der Waals surface area contributed by atoms with Crippen molar-refractivity contribution in [3.05, 3.63) is 65.2 Å². The summed E-state index contributed by atoms with van der Waals surface area (Å²) in [6.07, 6.45) is 6.46. The van der Waals surface area contributed by atoms with Gasteiger partial charge in [0.2, 0.25) is 5.91 Å². The zero-order valence-electron chi connectivity index (χ0n) is 15.0. The molecular weight excluding hydrogens is 310 g/mol. The minimum Gasteiger partial charge on any atom is -0.490 e. The van der Waals surface area contributed by atoms with E-state index in [0.717, 1.165) is 30.6 Å². The molecule has 0 saturated heterocycles. The van der Waals surface area contributed by atoms with Crippen LogP contribution < -0.4 is 10.1 Å². The second kappa shape index (κ2) is 8.70. The summed E-state index contributed by atoms with van der Waals surface area (Å²) in [6.45, 7) is 2.66. The number of carbonyl (C=O) groups is 1. The van der Waals surface area contributed by atoms with Crippen LogP contribution in [0, 0.1) is 6.92 Å². The van der Waals surface area contributed by atoms with Gasteiger partial charge >= 0.3 is 0 Å².